The van der Waals surface area contributed by atoms with Crippen LogP contribution in [0.25, 0.3) is 6.08 Å². The minimum absolute atomic E-state index is 0.00243. The van der Waals surface area contributed by atoms with Crippen LogP contribution in [0.5, 0.6) is 5.75 Å². The van der Waals surface area contributed by atoms with Crippen molar-refractivity contribution in [1.82, 2.24) is 9.80 Å². The molecule has 1 aromatic rings. The standard InChI is InChI=1S/C21H31FN2O2/c1-16-5-9-18(10-6-16)24(14-13-23(2)3)21(25)12-8-17-7-11-20(26-4)19(22)15-17/h7-8,11-12,15-16,18H,5-6,9-10,13-14H2,1-4H3/t16-,18-. The average molecular weight is 362 g/mol. The molecule has 1 amide bonds. The average Bonchev–Trinajstić information content (AvgIpc) is 2.61. The number of methoxy groups -OCH3 is 1. The van der Waals surface area contributed by atoms with Crippen molar-refractivity contribution in [3.63, 3.8) is 0 Å². The van der Waals surface area contributed by atoms with E-state index in [1.807, 2.05) is 19.0 Å². The summed E-state index contributed by atoms with van der Waals surface area (Å²) in [5.41, 5.74) is 0.654. The summed E-state index contributed by atoms with van der Waals surface area (Å²) in [5.74, 6) is 0.530. The Balaban J connectivity index is 2.08. The number of nitrogens with zero attached hydrogens (tertiary/aromatic N) is 2. The lowest BCUT2D eigenvalue weighted by Crippen LogP contribution is -2.44. The number of hydrogen-bond acceptors (Lipinski definition) is 3. The molecule has 0 aromatic heterocycles. The van der Waals surface area contributed by atoms with Crippen molar-refractivity contribution >= 4 is 12.0 Å². The molecule has 0 spiro atoms. The third-order valence-electron chi connectivity index (χ3n) is 5.09. The third kappa shape index (κ3) is 5.84. The van der Waals surface area contributed by atoms with Gasteiger partial charge in [-0.25, -0.2) is 4.39 Å². The van der Waals surface area contributed by atoms with Crippen molar-refractivity contribution in [1.29, 1.82) is 0 Å². The summed E-state index contributed by atoms with van der Waals surface area (Å²) in [7, 11) is 5.47. The van der Waals surface area contributed by atoms with Crippen LogP contribution in [0.2, 0.25) is 0 Å². The maximum Gasteiger partial charge on any atom is 0.246 e. The zero-order chi connectivity index (χ0) is 19.1. The zero-order valence-corrected chi connectivity index (χ0v) is 16.4. The van der Waals surface area contributed by atoms with Crippen LogP contribution in [0, 0.1) is 11.7 Å². The first kappa shape index (κ1) is 20.4. The van der Waals surface area contributed by atoms with E-state index in [1.54, 1.807) is 24.3 Å². The van der Waals surface area contributed by atoms with Crippen molar-refractivity contribution in [2.75, 3.05) is 34.3 Å². The van der Waals surface area contributed by atoms with Gasteiger partial charge in [-0.05, 0) is 69.5 Å². The van der Waals surface area contributed by atoms with Gasteiger partial charge in [-0.15, -0.1) is 0 Å². The number of amides is 1. The van der Waals surface area contributed by atoms with E-state index in [0.717, 1.165) is 25.3 Å². The molecular formula is C21H31FN2O2. The molecule has 5 heteroatoms. The molecule has 1 aromatic carbocycles. The zero-order valence-electron chi connectivity index (χ0n) is 16.4. The highest BCUT2D eigenvalue weighted by atomic mass is 19.1. The van der Waals surface area contributed by atoms with Gasteiger partial charge in [0.2, 0.25) is 5.91 Å². The van der Waals surface area contributed by atoms with Gasteiger partial charge in [0.1, 0.15) is 0 Å². The number of carbonyl (C=O) groups excluding carboxylic acids is 1. The smallest absolute Gasteiger partial charge is 0.246 e. The van der Waals surface area contributed by atoms with Gasteiger partial charge in [0.15, 0.2) is 11.6 Å². The Hall–Kier alpha value is -1.88. The highest BCUT2D eigenvalue weighted by Gasteiger charge is 2.26. The second-order valence-electron chi connectivity index (χ2n) is 7.48. The fraction of sp³-hybridized carbons (Fsp3) is 0.571. The molecule has 1 aliphatic rings. The maximum absolute atomic E-state index is 13.8. The van der Waals surface area contributed by atoms with Crippen LogP contribution in [0.1, 0.15) is 38.2 Å². The van der Waals surface area contributed by atoms with Crippen LogP contribution in [-0.4, -0.2) is 56.0 Å². The van der Waals surface area contributed by atoms with Gasteiger partial charge < -0.3 is 14.5 Å². The van der Waals surface area contributed by atoms with Gasteiger partial charge in [0.05, 0.1) is 7.11 Å². The predicted molar refractivity (Wildman–Crippen MR) is 104 cm³/mol. The minimum Gasteiger partial charge on any atom is -0.494 e. The van der Waals surface area contributed by atoms with E-state index in [0.29, 0.717) is 18.2 Å². The lowest BCUT2D eigenvalue weighted by Gasteiger charge is -2.36. The highest BCUT2D eigenvalue weighted by molar-refractivity contribution is 5.92. The van der Waals surface area contributed by atoms with E-state index >= 15 is 0 Å². The van der Waals surface area contributed by atoms with Gasteiger partial charge in [-0.1, -0.05) is 13.0 Å². The van der Waals surface area contributed by atoms with Crippen molar-refractivity contribution < 1.29 is 13.9 Å². The lowest BCUT2D eigenvalue weighted by molar-refractivity contribution is -0.129. The summed E-state index contributed by atoms with van der Waals surface area (Å²) < 4.78 is 18.7. The first-order valence-corrected chi connectivity index (χ1v) is 9.37. The predicted octanol–water partition coefficient (Wildman–Crippen LogP) is 3.82. The lowest BCUT2D eigenvalue weighted by atomic mass is 9.86. The normalized spacial score (nSPS) is 20.5. The monoisotopic (exact) mass is 362 g/mol. The van der Waals surface area contributed by atoms with Crippen LogP contribution in [0.4, 0.5) is 4.39 Å². The molecule has 144 valence electrons. The number of rotatable bonds is 7. The highest BCUT2D eigenvalue weighted by Crippen LogP contribution is 2.27. The van der Waals surface area contributed by atoms with Gasteiger partial charge in [-0.3, -0.25) is 4.79 Å². The molecule has 1 fully saturated rings. The summed E-state index contributed by atoms with van der Waals surface area (Å²) in [6.45, 7) is 3.83. The van der Waals surface area contributed by atoms with Crippen LogP contribution in [-0.2, 0) is 4.79 Å². The van der Waals surface area contributed by atoms with E-state index in [9.17, 15) is 9.18 Å². The van der Waals surface area contributed by atoms with Crippen LogP contribution in [0.3, 0.4) is 0 Å². The van der Waals surface area contributed by atoms with Crippen molar-refractivity contribution in [2.24, 2.45) is 5.92 Å². The molecule has 0 aliphatic heterocycles. The van der Waals surface area contributed by atoms with Gasteiger partial charge in [0.25, 0.3) is 0 Å². The molecule has 0 saturated heterocycles. The molecule has 1 saturated carbocycles. The Labute approximate surface area is 156 Å². The molecule has 4 nitrogen and oxygen atoms in total. The maximum atomic E-state index is 13.8. The Kier molecular flexibility index (Phi) is 7.64. The molecule has 2 rings (SSSR count). The topological polar surface area (TPSA) is 32.8 Å². The number of hydrogen-bond donors (Lipinski definition) is 0. The van der Waals surface area contributed by atoms with Crippen molar-refractivity contribution in [3.05, 3.63) is 35.7 Å². The molecule has 0 bridgehead atoms. The number of benzene rings is 1. The Bertz CT molecular complexity index is 622. The van der Waals surface area contributed by atoms with Gasteiger partial charge in [-0.2, -0.15) is 0 Å². The van der Waals surface area contributed by atoms with E-state index in [4.69, 9.17) is 4.74 Å². The van der Waals surface area contributed by atoms with Crippen LogP contribution < -0.4 is 4.74 Å². The first-order valence-electron chi connectivity index (χ1n) is 9.37. The van der Waals surface area contributed by atoms with Gasteiger partial charge >= 0.3 is 0 Å². The molecule has 1 aliphatic carbocycles. The van der Waals surface area contributed by atoms with E-state index in [2.05, 4.69) is 11.8 Å². The largest absolute Gasteiger partial charge is 0.494 e. The molecule has 0 radical (unpaired) electrons. The second kappa shape index (κ2) is 9.72. The molecule has 0 unspecified atom stereocenters. The number of likely N-dealkylation sites (N-methyl/N-ethyl adjacent to an activating group) is 1. The Morgan fingerprint density at radius 3 is 2.50 bits per heavy atom. The summed E-state index contributed by atoms with van der Waals surface area (Å²) >= 11 is 0. The summed E-state index contributed by atoms with van der Waals surface area (Å²) in [4.78, 5) is 16.9. The quantitative estimate of drug-likeness (QED) is 0.692. The molecular weight excluding hydrogens is 331 g/mol. The minimum atomic E-state index is -0.423. The third-order valence-corrected chi connectivity index (χ3v) is 5.09. The number of ether oxygens (including phenoxy) is 1. The van der Waals surface area contributed by atoms with Crippen molar-refractivity contribution in [3.8, 4) is 5.75 Å². The van der Waals surface area contributed by atoms with E-state index < -0.39 is 5.82 Å². The Morgan fingerprint density at radius 1 is 1.23 bits per heavy atom. The fourth-order valence-electron chi connectivity index (χ4n) is 3.38. The van der Waals surface area contributed by atoms with Gasteiger partial charge in [0, 0.05) is 25.2 Å². The van der Waals surface area contributed by atoms with Crippen LogP contribution >= 0.6 is 0 Å². The molecule has 0 atom stereocenters. The van der Waals surface area contributed by atoms with Crippen molar-refractivity contribution in [2.45, 2.75) is 38.6 Å². The SMILES string of the molecule is COc1ccc(C=CC(=O)N(CCN(C)C)[C@H]2CC[C@H](C)CC2)cc1F. The van der Waals surface area contributed by atoms with E-state index in [-0.39, 0.29) is 11.7 Å². The summed E-state index contributed by atoms with van der Waals surface area (Å²) in [6.07, 6.45) is 7.71. The first-order chi connectivity index (χ1) is 12.4. The number of halogens is 1. The molecule has 26 heavy (non-hydrogen) atoms. The summed E-state index contributed by atoms with van der Waals surface area (Å²) in [6, 6.07) is 5.01. The molecule has 0 heterocycles. The second-order valence-corrected chi connectivity index (χ2v) is 7.48. The van der Waals surface area contributed by atoms with E-state index in [1.165, 1.54) is 26.0 Å². The van der Waals surface area contributed by atoms with Crippen LogP contribution in [0.15, 0.2) is 24.3 Å². The molecule has 0 N–H and O–H groups in total. The summed E-state index contributed by atoms with van der Waals surface area (Å²) in [5, 5.41) is 0. The fourth-order valence-corrected chi connectivity index (χ4v) is 3.38. The number of carbonyl (C=O) groups is 1. The Morgan fingerprint density at radius 2 is 1.92 bits per heavy atom.